The average molecular weight is 500 g/mol. The average Bonchev–Trinajstić information content (AvgIpc) is 2.80. The maximum atomic E-state index is 13.0. The van der Waals surface area contributed by atoms with E-state index >= 15 is 0 Å². The number of benzene rings is 3. The van der Waals surface area contributed by atoms with E-state index < -0.39 is 17.2 Å². The predicted octanol–water partition coefficient (Wildman–Crippen LogP) is 4.84. The number of halogens is 2. The van der Waals surface area contributed by atoms with E-state index in [4.69, 9.17) is 23.2 Å². The lowest BCUT2D eigenvalue weighted by Crippen LogP contribution is -2.29. The summed E-state index contributed by atoms with van der Waals surface area (Å²) in [4.78, 5) is 21.5. The number of hydrogen-bond donors (Lipinski definition) is 1. The predicted molar refractivity (Wildman–Crippen MR) is 130 cm³/mol. The Morgan fingerprint density at radius 2 is 1.70 bits per heavy atom. The van der Waals surface area contributed by atoms with Gasteiger partial charge in [-0.3, -0.25) is 23.3 Å². The molecule has 1 unspecified atom stereocenters. The number of para-hydroxylation sites is 1. The summed E-state index contributed by atoms with van der Waals surface area (Å²) in [5, 5.41) is 3.75. The third-order valence-electron chi connectivity index (χ3n) is 4.88. The van der Waals surface area contributed by atoms with E-state index in [0.717, 1.165) is 9.87 Å². The lowest BCUT2D eigenvalue weighted by atomic mass is 10.1. The van der Waals surface area contributed by atoms with Crippen LogP contribution in [-0.4, -0.2) is 31.2 Å². The first kappa shape index (κ1) is 23.1. The van der Waals surface area contributed by atoms with Gasteiger partial charge in [0, 0.05) is 29.0 Å². The SMILES string of the molecule is O=C(NCCc1ccc(Cl)cc1)c1ccc(Cl)cc1N(c1cccc2nccnc12)S(=O)[O-]. The zero-order valence-corrected chi connectivity index (χ0v) is 19.4. The summed E-state index contributed by atoms with van der Waals surface area (Å²) in [7, 11) is 0. The van der Waals surface area contributed by atoms with Gasteiger partial charge in [0.2, 0.25) is 0 Å². The standard InChI is InChI=1S/C23H18Cl2N4O3S/c24-16-6-4-15(5-7-16)10-11-28-23(30)18-9-8-17(25)14-21(18)29(33(31)32)20-3-1-2-19-22(20)27-13-12-26-19/h1-9,12-14H,10-11H2,(H,28,30)(H,31,32)/p-1. The third-order valence-corrected chi connectivity index (χ3v) is 6.06. The molecule has 0 spiro atoms. The van der Waals surface area contributed by atoms with Crippen LogP contribution >= 0.6 is 23.2 Å². The second-order valence-electron chi connectivity index (χ2n) is 7.01. The molecule has 0 radical (unpaired) electrons. The summed E-state index contributed by atoms with van der Waals surface area (Å²) in [6.07, 6.45) is 3.57. The van der Waals surface area contributed by atoms with Crippen molar-refractivity contribution in [3.05, 3.63) is 94.2 Å². The first-order valence-electron chi connectivity index (χ1n) is 9.85. The summed E-state index contributed by atoms with van der Waals surface area (Å²) in [6, 6.07) is 16.8. The van der Waals surface area contributed by atoms with Gasteiger partial charge in [0.15, 0.2) is 0 Å². The van der Waals surface area contributed by atoms with Crippen molar-refractivity contribution in [1.82, 2.24) is 15.3 Å². The molecule has 0 bridgehead atoms. The molecule has 4 rings (SSSR count). The monoisotopic (exact) mass is 499 g/mol. The quantitative estimate of drug-likeness (QED) is 0.366. The summed E-state index contributed by atoms with van der Waals surface area (Å²) in [6.45, 7) is 0.350. The number of amides is 1. The van der Waals surface area contributed by atoms with E-state index in [1.54, 1.807) is 30.3 Å². The van der Waals surface area contributed by atoms with Crippen LogP contribution in [0.15, 0.2) is 73.1 Å². The highest BCUT2D eigenvalue weighted by molar-refractivity contribution is 7.81. The summed E-state index contributed by atoms with van der Waals surface area (Å²) in [5.41, 5.74) is 2.41. The van der Waals surface area contributed by atoms with Crippen LogP contribution < -0.4 is 9.62 Å². The number of hydrogen-bond acceptors (Lipinski definition) is 5. The van der Waals surface area contributed by atoms with Gasteiger partial charge >= 0.3 is 0 Å². The van der Waals surface area contributed by atoms with Crippen molar-refractivity contribution < 1.29 is 13.6 Å². The Kier molecular flexibility index (Phi) is 7.20. The normalized spacial score (nSPS) is 11.8. The van der Waals surface area contributed by atoms with E-state index in [-0.39, 0.29) is 22.0 Å². The second kappa shape index (κ2) is 10.3. The fourth-order valence-electron chi connectivity index (χ4n) is 3.36. The van der Waals surface area contributed by atoms with Crippen LogP contribution in [0, 0.1) is 0 Å². The molecule has 33 heavy (non-hydrogen) atoms. The molecule has 0 saturated heterocycles. The summed E-state index contributed by atoms with van der Waals surface area (Å²) < 4.78 is 25.7. The first-order chi connectivity index (χ1) is 15.9. The highest BCUT2D eigenvalue weighted by atomic mass is 35.5. The largest absolute Gasteiger partial charge is 0.755 e. The van der Waals surface area contributed by atoms with Crippen LogP contribution in [0.4, 0.5) is 11.4 Å². The number of nitrogens with one attached hydrogen (secondary N) is 1. The minimum absolute atomic E-state index is 0.109. The third kappa shape index (κ3) is 5.31. The molecule has 1 atom stereocenters. The first-order valence-corrected chi connectivity index (χ1v) is 11.6. The Hall–Kier alpha value is -3.04. The zero-order chi connectivity index (χ0) is 23.4. The van der Waals surface area contributed by atoms with E-state index in [1.807, 2.05) is 12.1 Å². The van der Waals surface area contributed by atoms with Gasteiger partial charge in [-0.05, 0) is 54.4 Å². The van der Waals surface area contributed by atoms with Crippen molar-refractivity contribution in [2.45, 2.75) is 6.42 Å². The molecule has 3 aromatic carbocycles. The Balaban J connectivity index is 1.66. The molecule has 0 aliphatic heterocycles. The highest BCUT2D eigenvalue weighted by Crippen LogP contribution is 2.35. The molecule has 7 nitrogen and oxygen atoms in total. The number of carbonyl (C=O) groups excluding carboxylic acids is 1. The van der Waals surface area contributed by atoms with Crippen molar-refractivity contribution in [3.8, 4) is 0 Å². The fraction of sp³-hybridized carbons (Fsp3) is 0.0870. The van der Waals surface area contributed by atoms with Crippen molar-refractivity contribution in [1.29, 1.82) is 0 Å². The van der Waals surface area contributed by atoms with Gasteiger partial charge in [-0.1, -0.05) is 41.4 Å². The topological polar surface area (TPSA) is 98.2 Å². The molecule has 0 aliphatic carbocycles. The number of nitrogens with zero attached hydrogens (tertiary/aromatic N) is 3. The van der Waals surface area contributed by atoms with Gasteiger partial charge < -0.3 is 9.87 Å². The molecule has 1 amide bonds. The van der Waals surface area contributed by atoms with Crippen molar-refractivity contribution >= 4 is 62.8 Å². The van der Waals surface area contributed by atoms with Gasteiger partial charge in [0.05, 0.1) is 33.7 Å². The summed E-state index contributed by atoms with van der Waals surface area (Å²) >= 11 is 9.31. The van der Waals surface area contributed by atoms with Gasteiger partial charge in [0.25, 0.3) is 5.91 Å². The molecular formula is C23H17Cl2N4O3S-. The van der Waals surface area contributed by atoms with Gasteiger partial charge in [-0.2, -0.15) is 0 Å². The molecule has 1 aromatic heterocycles. The molecule has 1 heterocycles. The Labute approximate surface area is 202 Å². The van der Waals surface area contributed by atoms with Crippen molar-refractivity contribution in [3.63, 3.8) is 0 Å². The lowest BCUT2D eigenvalue weighted by molar-refractivity contribution is 0.0955. The van der Waals surface area contributed by atoms with Gasteiger partial charge in [0.1, 0.15) is 5.52 Å². The van der Waals surface area contributed by atoms with Crippen LogP contribution in [0.3, 0.4) is 0 Å². The minimum atomic E-state index is -2.77. The molecule has 0 saturated carbocycles. The fourth-order valence-corrected chi connectivity index (χ4v) is 4.28. The molecule has 0 fully saturated rings. The number of fused-ring (bicyclic) bond motifs is 1. The minimum Gasteiger partial charge on any atom is -0.755 e. The highest BCUT2D eigenvalue weighted by Gasteiger charge is 2.22. The Morgan fingerprint density at radius 3 is 2.45 bits per heavy atom. The van der Waals surface area contributed by atoms with Gasteiger partial charge in [-0.25, -0.2) is 0 Å². The number of rotatable bonds is 7. The van der Waals surface area contributed by atoms with Crippen LogP contribution in [0.2, 0.25) is 10.0 Å². The molecule has 0 aliphatic rings. The van der Waals surface area contributed by atoms with E-state index in [1.165, 1.54) is 30.6 Å². The van der Waals surface area contributed by atoms with Crippen LogP contribution in [0.25, 0.3) is 11.0 Å². The zero-order valence-electron chi connectivity index (χ0n) is 17.1. The summed E-state index contributed by atoms with van der Waals surface area (Å²) in [5.74, 6) is -0.433. The van der Waals surface area contributed by atoms with Crippen LogP contribution in [0.5, 0.6) is 0 Å². The van der Waals surface area contributed by atoms with E-state index in [0.29, 0.717) is 29.0 Å². The Morgan fingerprint density at radius 1 is 0.970 bits per heavy atom. The van der Waals surface area contributed by atoms with E-state index in [9.17, 15) is 13.6 Å². The maximum Gasteiger partial charge on any atom is 0.253 e. The van der Waals surface area contributed by atoms with Crippen molar-refractivity contribution in [2.24, 2.45) is 0 Å². The lowest BCUT2D eigenvalue weighted by Gasteiger charge is -2.28. The number of aromatic nitrogens is 2. The molecule has 4 aromatic rings. The van der Waals surface area contributed by atoms with Crippen molar-refractivity contribution in [2.75, 3.05) is 10.8 Å². The van der Waals surface area contributed by atoms with E-state index in [2.05, 4.69) is 15.3 Å². The van der Waals surface area contributed by atoms with Crippen LogP contribution in [0.1, 0.15) is 15.9 Å². The molecule has 168 valence electrons. The second-order valence-corrected chi connectivity index (χ2v) is 8.68. The van der Waals surface area contributed by atoms with Gasteiger partial charge in [-0.15, -0.1) is 0 Å². The smallest absolute Gasteiger partial charge is 0.253 e. The molecular weight excluding hydrogens is 483 g/mol. The number of anilines is 2. The molecule has 10 heteroatoms. The number of carbonyl (C=O) groups is 1. The van der Waals surface area contributed by atoms with Crippen LogP contribution in [-0.2, 0) is 17.7 Å². The Bertz CT molecular complexity index is 1330. The molecule has 1 N–H and O–H groups in total. The maximum absolute atomic E-state index is 13.0.